The smallest absolute Gasteiger partial charge is 0.224 e. The normalized spacial score (nSPS) is 10.0. The number of hydrogen-bond acceptors (Lipinski definition) is 3. The third-order valence-electron chi connectivity index (χ3n) is 2.52. The summed E-state index contributed by atoms with van der Waals surface area (Å²) in [4.78, 5) is 11.6. The molecule has 0 aromatic heterocycles. The predicted octanol–water partition coefficient (Wildman–Crippen LogP) is 2.80. The number of unbranched alkanes of at least 4 members (excludes halogenated alkanes) is 2. The predicted molar refractivity (Wildman–Crippen MR) is 70.2 cm³/mol. The van der Waals surface area contributed by atoms with Gasteiger partial charge in [0.2, 0.25) is 5.91 Å². The summed E-state index contributed by atoms with van der Waals surface area (Å²) in [5, 5.41) is 2.83. The number of methoxy groups -OCH3 is 1. The van der Waals surface area contributed by atoms with Crippen LogP contribution in [0.5, 0.6) is 5.75 Å². The van der Waals surface area contributed by atoms with E-state index in [1.807, 2.05) is 0 Å². The highest BCUT2D eigenvalue weighted by atomic mass is 16.5. The Morgan fingerprint density at radius 1 is 1.41 bits per heavy atom. The van der Waals surface area contributed by atoms with Crippen LogP contribution in [0.15, 0.2) is 18.2 Å². The van der Waals surface area contributed by atoms with Crippen LogP contribution in [0.1, 0.15) is 32.6 Å². The first-order chi connectivity index (χ1) is 8.17. The zero-order chi connectivity index (χ0) is 12.7. The molecule has 3 N–H and O–H groups in total. The molecule has 1 amide bonds. The largest absolute Gasteiger partial charge is 0.495 e. The Morgan fingerprint density at radius 3 is 2.82 bits per heavy atom. The zero-order valence-electron chi connectivity index (χ0n) is 10.5. The molecule has 4 nitrogen and oxygen atoms in total. The van der Waals surface area contributed by atoms with E-state index in [0.29, 0.717) is 17.9 Å². The molecule has 1 aromatic carbocycles. The lowest BCUT2D eigenvalue weighted by atomic mass is 10.2. The van der Waals surface area contributed by atoms with Crippen LogP contribution in [0, 0.1) is 0 Å². The van der Waals surface area contributed by atoms with Gasteiger partial charge < -0.3 is 15.8 Å². The quantitative estimate of drug-likeness (QED) is 0.589. The fourth-order valence-corrected chi connectivity index (χ4v) is 1.55. The minimum Gasteiger partial charge on any atom is -0.495 e. The van der Waals surface area contributed by atoms with E-state index in [0.717, 1.165) is 24.9 Å². The van der Waals surface area contributed by atoms with Crippen LogP contribution in [-0.2, 0) is 4.79 Å². The average molecular weight is 236 g/mol. The summed E-state index contributed by atoms with van der Waals surface area (Å²) < 4.78 is 5.09. The fourth-order valence-electron chi connectivity index (χ4n) is 1.55. The molecule has 0 aliphatic rings. The van der Waals surface area contributed by atoms with E-state index in [4.69, 9.17) is 10.5 Å². The summed E-state index contributed by atoms with van der Waals surface area (Å²) >= 11 is 0. The lowest BCUT2D eigenvalue weighted by Gasteiger charge is -2.08. The van der Waals surface area contributed by atoms with E-state index < -0.39 is 0 Å². The van der Waals surface area contributed by atoms with Gasteiger partial charge in [0.15, 0.2) is 0 Å². The molecule has 4 heteroatoms. The molecule has 0 aliphatic carbocycles. The number of ether oxygens (including phenoxy) is 1. The van der Waals surface area contributed by atoms with Gasteiger partial charge in [-0.3, -0.25) is 4.79 Å². The van der Waals surface area contributed by atoms with Crippen molar-refractivity contribution in [3.63, 3.8) is 0 Å². The van der Waals surface area contributed by atoms with Gasteiger partial charge in [0.05, 0.1) is 12.8 Å². The zero-order valence-corrected chi connectivity index (χ0v) is 10.5. The van der Waals surface area contributed by atoms with Gasteiger partial charge in [0.1, 0.15) is 5.75 Å². The highest BCUT2D eigenvalue weighted by molar-refractivity contribution is 5.91. The molecule has 1 rings (SSSR count). The maximum absolute atomic E-state index is 11.6. The van der Waals surface area contributed by atoms with Crippen LogP contribution in [0.25, 0.3) is 0 Å². The van der Waals surface area contributed by atoms with Crippen molar-refractivity contribution in [3.8, 4) is 5.75 Å². The third kappa shape index (κ3) is 4.34. The molecule has 0 bridgehead atoms. The van der Waals surface area contributed by atoms with Crippen molar-refractivity contribution in [3.05, 3.63) is 18.2 Å². The second-order valence-electron chi connectivity index (χ2n) is 3.96. The van der Waals surface area contributed by atoms with E-state index in [1.54, 1.807) is 25.3 Å². The minimum atomic E-state index is 0.0327. The molecule has 0 spiro atoms. The van der Waals surface area contributed by atoms with Crippen molar-refractivity contribution in [1.82, 2.24) is 0 Å². The van der Waals surface area contributed by atoms with Crippen molar-refractivity contribution in [2.75, 3.05) is 18.2 Å². The number of nitrogen functional groups attached to an aromatic ring is 1. The molecule has 0 saturated carbocycles. The van der Waals surface area contributed by atoms with Gasteiger partial charge in [-0.15, -0.1) is 0 Å². The number of amides is 1. The van der Waals surface area contributed by atoms with Gasteiger partial charge in [-0.25, -0.2) is 0 Å². The van der Waals surface area contributed by atoms with Crippen LogP contribution in [0.3, 0.4) is 0 Å². The number of carbonyl (C=O) groups excluding carboxylic acids is 1. The van der Waals surface area contributed by atoms with Gasteiger partial charge >= 0.3 is 0 Å². The van der Waals surface area contributed by atoms with E-state index in [-0.39, 0.29) is 5.91 Å². The minimum absolute atomic E-state index is 0.0327. The van der Waals surface area contributed by atoms with Crippen LogP contribution in [-0.4, -0.2) is 13.0 Å². The molecule has 0 saturated heterocycles. The van der Waals surface area contributed by atoms with E-state index in [1.165, 1.54) is 0 Å². The summed E-state index contributed by atoms with van der Waals surface area (Å²) in [6, 6.07) is 5.23. The van der Waals surface area contributed by atoms with Crippen molar-refractivity contribution >= 4 is 17.3 Å². The number of nitrogens with one attached hydrogen (secondary N) is 1. The second kappa shape index (κ2) is 6.78. The molecule has 0 unspecified atom stereocenters. The monoisotopic (exact) mass is 236 g/mol. The lowest BCUT2D eigenvalue weighted by molar-refractivity contribution is -0.116. The highest BCUT2D eigenvalue weighted by Gasteiger charge is 2.04. The van der Waals surface area contributed by atoms with Gasteiger partial charge in [-0.2, -0.15) is 0 Å². The Bertz CT molecular complexity index is 378. The maximum atomic E-state index is 11.6. The first kappa shape index (κ1) is 13.4. The van der Waals surface area contributed by atoms with Gasteiger partial charge in [-0.05, 0) is 18.6 Å². The van der Waals surface area contributed by atoms with Crippen molar-refractivity contribution in [2.45, 2.75) is 32.6 Å². The van der Waals surface area contributed by atoms with Crippen molar-refractivity contribution in [1.29, 1.82) is 0 Å². The standard InChI is InChI=1S/C13H20N2O2/c1-3-4-5-6-13(16)15-10-7-8-11(14)12(9-10)17-2/h7-9H,3-6,14H2,1-2H3,(H,15,16). The van der Waals surface area contributed by atoms with Crippen LogP contribution in [0.4, 0.5) is 11.4 Å². The Balaban J connectivity index is 2.53. The highest BCUT2D eigenvalue weighted by Crippen LogP contribution is 2.25. The lowest BCUT2D eigenvalue weighted by Crippen LogP contribution is -2.11. The molecule has 0 aliphatic heterocycles. The molecular formula is C13H20N2O2. The Morgan fingerprint density at radius 2 is 2.18 bits per heavy atom. The molecule has 0 fully saturated rings. The molecule has 1 aromatic rings. The number of rotatable bonds is 6. The van der Waals surface area contributed by atoms with E-state index >= 15 is 0 Å². The molecular weight excluding hydrogens is 216 g/mol. The summed E-state index contributed by atoms with van der Waals surface area (Å²) in [6.07, 6.45) is 3.68. The summed E-state index contributed by atoms with van der Waals surface area (Å²) in [5.74, 6) is 0.613. The van der Waals surface area contributed by atoms with E-state index in [9.17, 15) is 4.79 Å². The third-order valence-corrected chi connectivity index (χ3v) is 2.52. The topological polar surface area (TPSA) is 64.4 Å². The molecule has 17 heavy (non-hydrogen) atoms. The van der Waals surface area contributed by atoms with Gasteiger partial charge in [0, 0.05) is 18.2 Å². The summed E-state index contributed by atoms with van der Waals surface area (Å²) in [5.41, 5.74) is 6.98. The maximum Gasteiger partial charge on any atom is 0.224 e. The first-order valence-corrected chi connectivity index (χ1v) is 5.90. The van der Waals surface area contributed by atoms with Crippen molar-refractivity contribution in [2.24, 2.45) is 0 Å². The first-order valence-electron chi connectivity index (χ1n) is 5.90. The number of carbonyl (C=O) groups is 1. The molecule has 0 atom stereocenters. The molecule has 0 radical (unpaired) electrons. The number of hydrogen-bond donors (Lipinski definition) is 2. The number of anilines is 2. The number of benzene rings is 1. The Hall–Kier alpha value is -1.71. The summed E-state index contributed by atoms with van der Waals surface area (Å²) in [6.45, 7) is 2.11. The van der Waals surface area contributed by atoms with Crippen LogP contribution < -0.4 is 15.8 Å². The molecule has 0 heterocycles. The average Bonchev–Trinajstić information content (AvgIpc) is 2.32. The van der Waals surface area contributed by atoms with Crippen LogP contribution in [0.2, 0.25) is 0 Å². The van der Waals surface area contributed by atoms with Gasteiger partial charge in [0.25, 0.3) is 0 Å². The second-order valence-corrected chi connectivity index (χ2v) is 3.96. The Kier molecular flexibility index (Phi) is 5.33. The van der Waals surface area contributed by atoms with Crippen LogP contribution >= 0.6 is 0 Å². The van der Waals surface area contributed by atoms with E-state index in [2.05, 4.69) is 12.2 Å². The SMILES string of the molecule is CCCCCC(=O)Nc1ccc(N)c(OC)c1. The van der Waals surface area contributed by atoms with Gasteiger partial charge in [-0.1, -0.05) is 19.8 Å². The Labute approximate surface area is 102 Å². The summed E-state index contributed by atoms with van der Waals surface area (Å²) in [7, 11) is 1.55. The van der Waals surface area contributed by atoms with Crippen molar-refractivity contribution < 1.29 is 9.53 Å². The molecule has 94 valence electrons. The fraction of sp³-hybridized carbons (Fsp3) is 0.462. The number of nitrogens with two attached hydrogens (primary N) is 1.